The molecule has 8 heteroatoms. The number of anilines is 1. The third-order valence-electron chi connectivity index (χ3n) is 4.06. The summed E-state index contributed by atoms with van der Waals surface area (Å²) in [5.41, 5.74) is 1.02. The molecule has 0 spiro atoms. The summed E-state index contributed by atoms with van der Waals surface area (Å²) < 4.78 is 16.1. The fourth-order valence-electron chi connectivity index (χ4n) is 2.69. The highest BCUT2D eigenvalue weighted by Gasteiger charge is 2.15. The number of amides is 2. The summed E-state index contributed by atoms with van der Waals surface area (Å²) in [6.07, 6.45) is 2.95. The van der Waals surface area contributed by atoms with Crippen molar-refractivity contribution < 1.29 is 23.5 Å². The lowest BCUT2D eigenvalue weighted by Gasteiger charge is -2.19. The Morgan fingerprint density at radius 1 is 1.00 bits per heavy atom. The van der Waals surface area contributed by atoms with Crippen LogP contribution in [0.1, 0.15) is 26.6 Å². The molecule has 0 atom stereocenters. The van der Waals surface area contributed by atoms with E-state index >= 15 is 0 Å². The Bertz CT molecular complexity index is 1000. The number of hydrogen-bond donors (Lipinski definition) is 2. The van der Waals surface area contributed by atoms with E-state index in [1.54, 1.807) is 30.3 Å². The number of fused-ring (bicyclic) bond motifs is 1. The van der Waals surface area contributed by atoms with Crippen molar-refractivity contribution in [3.05, 3.63) is 71.9 Å². The minimum Gasteiger partial charge on any atom is -0.486 e. The van der Waals surface area contributed by atoms with Crippen LogP contribution < -0.4 is 20.1 Å². The summed E-state index contributed by atoms with van der Waals surface area (Å²) in [6.45, 7) is 1.20. The minimum atomic E-state index is -0.398. The van der Waals surface area contributed by atoms with E-state index in [1.165, 1.54) is 24.6 Å². The first kappa shape index (κ1) is 17.6. The van der Waals surface area contributed by atoms with Crippen molar-refractivity contribution in [2.24, 2.45) is 0 Å². The molecule has 3 aromatic rings. The van der Waals surface area contributed by atoms with Crippen LogP contribution >= 0.6 is 0 Å². The van der Waals surface area contributed by atoms with Crippen LogP contribution in [0.15, 0.2) is 59.3 Å². The Morgan fingerprint density at radius 2 is 1.86 bits per heavy atom. The van der Waals surface area contributed by atoms with E-state index in [0.717, 1.165) is 0 Å². The molecule has 0 radical (unpaired) electrons. The molecule has 8 nitrogen and oxygen atoms in total. The van der Waals surface area contributed by atoms with E-state index in [4.69, 9.17) is 13.9 Å². The van der Waals surface area contributed by atoms with Gasteiger partial charge in [-0.05, 0) is 36.4 Å². The Labute approximate surface area is 160 Å². The SMILES string of the molecule is O=C(Nc1ccc2c(c1)OCCO2)c1ccnc(C(=O)NCc2ccco2)c1. The maximum Gasteiger partial charge on any atom is 0.270 e. The van der Waals surface area contributed by atoms with Gasteiger partial charge in [-0.3, -0.25) is 14.6 Å². The Balaban J connectivity index is 1.43. The zero-order valence-corrected chi connectivity index (χ0v) is 14.8. The lowest BCUT2D eigenvalue weighted by molar-refractivity contribution is 0.0943. The van der Waals surface area contributed by atoms with Crippen LogP contribution in [0.3, 0.4) is 0 Å². The van der Waals surface area contributed by atoms with Crippen molar-refractivity contribution in [1.29, 1.82) is 0 Å². The smallest absolute Gasteiger partial charge is 0.270 e. The van der Waals surface area contributed by atoms with Crippen LogP contribution in [-0.4, -0.2) is 30.0 Å². The molecule has 0 unspecified atom stereocenters. The first-order chi connectivity index (χ1) is 13.7. The Morgan fingerprint density at radius 3 is 2.68 bits per heavy atom. The van der Waals surface area contributed by atoms with Gasteiger partial charge < -0.3 is 24.5 Å². The molecule has 0 bridgehead atoms. The number of furan rings is 1. The standard InChI is InChI=1S/C20H17N3O5/c24-19(23-14-3-4-17-18(11-14)28-9-8-27-17)13-5-6-21-16(10-13)20(25)22-12-15-2-1-7-26-15/h1-7,10-11H,8-9,12H2,(H,22,25)(H,23,24). The van der Waals surface area contributed by atoms with Gasteiger partial charge in [0.1, 0.15) is 24.7 Å². The number of hydrogen-bond acceptors (Lipinski definition) is 6. The molecule has 1 aromatic carbocycles. The fraction of sp³-hybridized carbons (Fsp3) is 0.150. The third-order valence-corrected chi connectivity index (χ3v) is 4.06. The summed E-state index contributed by atoms with van der Waals surface area (Å²) in [4.78, 5) is 28.8. The second kappa shape index (κ2) is 7.83. The van der Waals surface area contributed by atoms with Gasteiger partial charge in [-0.1, -0.05) is 0 Å². The number of carbonyl (C=O) groups excluding carboxylic acids is 2. The highest BCUT2D eigenvalue weighted by molar-refractivity contribution is 6.05. The van der Waals surface area contributed by atoms with Crippen molar-refractivity contribution >= 4 is 17.5 Å². The van der Waals surface area contributed by atoms with E-state index in [1.807, 2.05) is 0 Å². The molecule has 2 aromatic heterocycles. The van der Waals surface area contributed by atoms with E-state index in [0.29, 0.717) is 41.7 Å². The largest absolute Gasteiger partial charge is 0.486 e. The van der Waals surface area contributed by atoms with Gasteiger partial charge in [0.15, 0.2) is 11.5 Å². The molecule has 1 aliphatic heterocycles. The second-order valence-corrected chi connectivity index (χ2v) is 6.00. The Kier molecular flexibility index (Phi) is 4.92. The lowest BCUT2D eigenvalue weighted by atomic mass is 10.2. The van der Waals surface area contributed by atoms with E-state index in [-0.39, 0.29) is 18.1 Å². The number of aromatic nitrogens is 1. The number of carbonyl (C=O) groups is 2. The van der Waals surface area contributed by atoms with Crippen molar-refractivity contribution in [3.63, 3.8) is 0 Å². The third kappa shape index (κ3) is 3.96. The number of benzene rings is 1. The molecule has 28 heavy (non-hydrogen) atoms. The van der Waals surface area contributed by atoms with Gasteiger partial charge in [0.05, 0.1) is 12.8 Å². The molecule has 0 saturated carbocycles. The van der Waals surface area contributed by atoms with Crippen molar-refractivity contribution in [2.45, 2.75) is 6.54 Å². The van der Waals surface area contributed by atoms with Gasteiger partial charge in [0, 0.05) is 23.5 Å². The number of ether oxygens (including phenoxy) is 2. The van der Waals surface area contributed by atoms with Crippen LogP contribution in [0, 0.1) is 0 Å². The van der Waals surface area contributed by atoms with Crippen molar-refractivity contribution in [3.8, 4) is 11.5 Å². The van der Waals surface area contributed by atoms with Gasteiger partial charge in [-0.2, -0.15) is 0 Å². The van der Waals surface area contributed by atoms with Gasteiger partial charge in [-0.25, -0.2) is 0 Å². The van der Waals surface area contributed by atoms with Gasteiger partial charge in [-0.15, -0.1) is 0 Å². The molecule has 0 aliphatic carbocycles. The maximum atomic E-state index is 12.5. The highest BCUT2D eigenvalue weighted by atomic mass is 16.6. The summed E-state index contributed by atoms with van der Waals surface area (Å²) in [7, 11) is 0. The molecule has 0 saturated heterocycles. The summed E-state index contributed by atoms with van der Waals surface area (Å²) in [5.74, 6) is 1.09. The summed E-state index contributed by atoms with van der Waals surface area (Å²) in [5, 5.41) is 5.47. The first-order valence-electron chi connectivity index (χ1n) is 8.67. The number of pyridine rings is 1. The molecule has 142 valence electrons. The quantitative estimate of drug-likeness (QED) is 0.706. The second-order valence-electron chi connectivity index (χ2n) is 6.00. The fourth-order valence-corrected chi connectivity index (χ4v) is 2.69. The molecule has 2 N–H and O–H groups in total. The van der Waals surface area contributed by atoms with Crippen LogP contribution in [0.25, 0.3) is 0 Å². The lowest BCUT2D eigenvalue weighted by Crippen LogP contribution is -2.24. The normalized spacial score (nSPS) is 12.3. The Hall–Kier alpha value is -3.81. The van der Waals surface area contributed by atoms with E-state index in [9.17, 15) is 9.59 Å². The minimum absolute atomic E-state index is 0.140. The topological polar surface area (TPSA) is 103 Å². The first-order valence-corrected chi connectivity index (χ1v) is 8.67. The molecular weight excluding hydrogens is 362 g/mol. The molecule has 1 aliphatic rings. The molecule has 2 amide bonds. The van der Waals surface area contributed by atoms with Gasteiger partial charge in [0.2, 0.25) is 0 Å². The molecule has 4 rings (SSSR count). The molecule has 0 fully saturated rings. The van der Waals surface area contributed by atoms with Crippen LogP contribution in [0.5, 0.6) is 11.5 Å². The van der Waals surface area contributed by atoms with Crippen molar-refractivity contribution in [2.75, 3.05) is 18.5 Å². The van der Waals surface area contributed by atoms with Crippen LogP contribution in [-0.2, 0) is 6.54 Å². The number of nitrogens with one attached hydrogen (secondary N) is 2. The number of nitrogens with zero attached hydrogens (tertiary/aromatic N) is 1. The highest BCUT2D eigenvalue weighted by Crippen LogP contribution is 2.32. The van der Waals surface area contributed by atoms with E-state index < -0.39 is 5.91 Å². The van der Waals surface area contributed by atoms with Crippen LogP contribution in [0.2, 0.25) is 0 Å². The average molecular weight is 379 g/mol. The van der Waals surface area contributed by atoms with Gasteiger partial charge >= 0.3 is 0 Å². The molecule has 3 heterocycles. The maximum absolute atomic E-state index is 12.5. The summed E-state index contributed by atoms with van der Waals surface area (Å²) >= 11 is 0. The average Bonchev–Trinajstić information content (AvgIpc) is 3.25. The van der Waals surface area contributed by atoms with E-state index in [2.05, 4.69) is 15.6 Å². The number of rotatable bonds is 5. The zero-order chi connectivity index (χ0) is 19.3. The van der Waals surface area contributed by atoms with Crippen molar-refractivity contribution in [1.82, 2.24) is 10.3 Å². The predicted molar refractivity (Wildman–Crippen MR) is 99.5 cm³/mol. The summed E-state index contributed by atoms with van der Waals surface area (Å²) in [6, 6.07) is 11.6. The van der Waals surface area contributed by atoms with Crippen LogP contribution in [0.4, 0.5) is 5.69 Å². The zero-order valence-electron chi connectivity index (χ0n) is 14.8. The van der Waals surface area contributed by atoms with Gasteiger partial charge in [0.25, 0.3) is 11.8 Å². The molecular formula is C20H17N3O5. The monoisotopic (exact) mass is 379 g/mol. The predicted octanol–water partition coefficient (Wildman–Crippen LogP) is 2.63.